The van der Waals surface area contributed by atoms with Crippen LogP contribution in [0.5, 0.6) is 0 Å². The van der Waals surface area contributed by atoms with E-state index in [0.717, 1.165) is 16.5 Å². The van der Waals surface area contributed by atoms with E-state index < -0.39 is 0 Å². The van der Waals surface area contributed by atoms with Gasteiger partial charge >= 0.3 is 0 Å². The molecule has 0 atom stereocenters. The molecule has 1 aromatic carbocycles. The van der Waals surface area contributed by atoms with E-state index in [4.69, 9.17) is 5.73 Å². The molecule has 5 heteroatoms. The van der Waals surface area contributed by atoms with E-state index in [0.29, 0.717) is 17.9 Å². The number of nitrogens with zero attached hydrogens (tertiary/aromatic N) is 1. The first-order chi connectivity index (χ1) is 10.1. The first-order valence-electron chi connectivity index (χ1n) is 6.60. The summed E-state index contributed by atoms with van der Waals surface area (Å²) in [5, 5.41) is 7.88. The molecule has 2 aromatic heterocycles. The molecule has 1 amide bonds. The fourth-order valence-electron chi connectivity index (χ4n) is 2.22. The van der Waals surface area contributed by atoms with Gasteiger partial charge in [0.25, 0.3) is 5.91 Å². The molecule has 0 spiro atoms. The summed E-state index contributed by atoms with van der Waals surface area (Å²) < 4.78 is 0. The standard InChI is InChI=1S/C16H15N3OS/c1-10-8-21-9-11(10)7-18-16(20)13-6-15(17)19-14-5-3-2-4-12(13)14/h2-6,8-9H,7H2,1H3,(H2,17,19)(H,18,20). The molecule has 3 N–H and O–H groups in total. The van der Waals surface area contributed by atoms with Crippen molar-refractivity contribution in [2.45, 2.75) is 13.5 Å². The van der Waals surface area contributed by atoms with Gasteiger partial charge in [0.05, 0.1) is 11.1 Å². The topological polar surface area (TPSA) is 68.0 Å². The number of hydrogen-bond donors (Lipinski definition) is 2. The van der Waals surface area contributed by atoms with Crippen LogP contribution in [0.2, 0.25) is 0 Å². The van der Waals surface area contributed by atoms with Gasteiger partial charge in [-0.3, -0.25) is 4.79 Å². The van der Waals surface area contributed by atoms with Gasteiger partial charge in [0.1, 0.15) is 5.82 Å². The minimum atomic E-state index is -0.133. The number of aryl methyl sites for hydroxylation is 1. The molecule has 106 valence electrons. The number of nitrogen functional groups attached to an aromatic ring is 1. The second-order valence-corrected chi connectivity index (χ2v) is 5.62. The third kappa shape index (κ3) is 2.73. The quantitative estimate of drug-likeness (QED) is 0.780. The minimum Gasteiger partial charge on any atom is -0.384 e. The van der Waals surface area contributed by atoms with Crippen LogP contribution in [-0.2, 0) is 6.54 Å². The van der Waals surface area contributed by atoms with E-state index in [1.54, 1.807) is 17.4 Å². The number of thiophene rings is 1. The number of para-hydroxylation sites is 1. The summed E-state index contributed by atoms with van der Waals surface area (Å²) in [7, 11) is 0. The lowest BCUT2D eigenvalue weighted by atomic mass is 10.1. The van der Waals surface area contributed by atoms with Crippen molar-refractivity contribution < 1.29 is 4.79 Å². The average Bonchev–Trinajstić information content (AvgIpc) is 2.89. The van der Waals surface area contributed by atoms with Crippen molar-refractivity contribution >= 4 is 34.0 Å². The molecule has 0 fully saturated rings. The molecule has 0 saturated carbocycles. The monoisotopic (exact) mass is 297 g/mol. The molecular weight excluding hydrogens is 282 g/mol. The van der Waals surface area contributed by atoms with E-state index in [-0.39, 0.29) is 5.91 Å². The van der Waals surface area contributed by atoms with Gasteiger partial charge in [0, 0.05) is 11.9 Å². The molecule has 2 heterocycles. The summed E-state index contributed by atoms with van der Waals surface area (Å²) in [4.78, 5) is 16.7. The highest BCUT2D eigenvalue weighted by Gasteiger charge is 2.12. The number of benzene rings is 1. The number of rotatable bonds is 3. The van der Waals surface area contributed by atoms with Gasteiger partial charge in [0.15, 0.2) is 0 Å². The van der Waals surface area contributed by atoms with Crippen LogP contribution in [-0.4, -0.2) is 10.9 Å². The maximum atomic E-state index is 12.4. The Balaban J connectivity index is 1.89. The summed E-state index contributed by atoms with van der Waals surface area (Å²) in [6.07, 6.45) is 0. The highest BCUT2D eigenvalue weighted by molar-refractivity contribution is 7.08. The van der Waals surface area contributed by atoms with E-state index in [9.17, 15) is 4.79 Å². The largest absolute Gasteiger partial charge is 0.384 e. The normalized spacial score (nSPS) is 10.7. The second kappa shape index (κ2) is 5.54. The fourth-order valence-corrected chi connectivity index (χ4v) is 3.08. The Morgan fingerprint density at radius 2 is 2.14 bits per heavy atom. The van der Waals surface area contributed by atoms with Gasteiger partial charge in [-0.25, -0.2) is 4.98 Å². The predicted molar refractivity (Wildman–Crippen MR) is 86.4 cm³/mol. The molecule has 3 rings (SSSR count). The van der Waals surface area contributed by atoms with Crippen molar-refractivity contribution in [3.05, 3.63) is 57.8 Å². The number of anilines is 1. The van der Waals surface area contributed by atoms with Gasteiger partial charge in [0.2, 0.25) is 0 Å². The van der Waals surface area contributed by atoms with Crippen LogP contribution in [0.3, 0.4) is 0 Å². The second-order valence-electron chi connectivity index (χ2n) is 4.87. The molecular formula is C16H15N3OS. The van der Waals surface area contributed by atoms with Crippen molar-refractivity contribution in [3.63, 3.8) is 0 Å². The van der Waals surface area contributed by atoms with Crippen molar-refractivity contribution in [2.24, 2.45) is 0 Å². The van der Waals surface area contributed by atoms with Crippen LogP contribution in [0.25, 0.3) is 10.9 Å². The number of nitrogens with two attached hydrogens (primary N) is 1. The highest BCUT2D eigenvalue weighted by atomic mass is 32.1. The zero-order valence-corrected chi connectivity index (χ0v) is 12.4. The van der Waals surface area contributed by atoms with Crippen molar-refractivity contribution in [2.75, 3.05) is 5.73 Å². The van der Waals surface area contributed by atoms with E-state index in [1.165, 1.54) is 5.56 Å². The third-order valence-corrected chi connectivity index (χ3v) is 4.29. The Hall–Kier alpha value is -2.40. The Morgan fingerprint density at radius 1 is 1.33 bits per heavy atom. The number of amides is 1. The van der Waals surface area contributed by atoms with Crippen LogP contribution in [0.4, 0.5) is 5.82 Å². The van der Waals surface area contributed by atoms with E-state index in [1.807, 2.05) is 31.2 Å². The van der Waals surface area contributed by atoms with Crippen molar-refractivity contribution in [3.8, 4) is 0 Å². The van der Waals surface area contributed by atoms with Gasteiger partial charge in [-0.2, -0.15) is 11.3 Å². The molecule has 0 aliphatic rings. The summed E-state index contributed by atoms with van der Waals surface area (Å²) in [5.41, 5.74) is 9.41. The zero-order valence-electron chi connectivity index (χ0n) is 11.6. The summed E-state index contributed by atoms with van der Waals surface area (Å²) >= 11 is 1.64. The first-order valence-corrected chi connectivity index (χ1v) is 7.54. The van der Waals surface area contributed by atoms with Crippen LogP contribution in [0.1, 0.15) is 21.5 Å². The number of aromatic nitrogens is 1. The smallest absolute Gasteiger partial charge is 0.252 e. The highest BCUT2D eigenvalue weighted by Crippen LogP contribution is 2.20. The Bertz CT molecular complexity index is 810. The molecule has 0 aliphatic carbocycles. The molecule has 0 bridgehead atoms. The zero-order chi connectivity index (χ0) is 14.8. The fraction of sp³-hybridized carbons (Fsp3) is 0.125. The minimum absolute atomic E-state index is 0.133. The van der Waals surface area contributed by atoms with Gasteiger partial charge in [-0.1, -0.05) is 18.2 Å². The maximum absolute atomic E-state index is 12.4. The maximum Gasteiger partial charge on any atom is 0.252 e. The lowest BCUT2D eigenvalue weighted by Crippen LogP contribution is -2.23. The van der Waals surface area contributed by atoms with Gasteiger partial charge in [-0.15, -0.1) is 0 Å². The third-order valence-electron chi connectivity index (χ3n) is 3.38. The van der Waals surface area contributed by atoms with E-state index in [2.05, 4.69) is 21.1 Å². The lowest BCUT2D eigenvalue weighted by Gasteiger charge is -2.09. The predicted octanol–water partition coefficient (Wildman–Crippen LogP) is 3.12. The number of carbonyl (C=O) groups is 1. The molecule has 0 aliphatic heterocycles. The van der Waals surface area contributed by atoms with Crippen molar-refractivity contribution in [1.29, 1.82) is 0 Å². The number of hydrogen-bond acceptors (Lipinski definition) is 4. The van der Waals surface area contributed by atoms with Gasteiger partial charge in [-0.05, 0) is 40.9 Å². The lowest BCUT2D eigenvalue weighted by molar-refractivity contribution is 0.0952. The molecule has 21 heavy (non-hydrogen) atoms. The Morgan fingerprint density at radius 3 is 2.90 bits per heavy atom. The number of pyridine rings is 1. The van der Waals surface area contributed by atoms with Gasteiger partial charge < -0.3 is 11.1 Å². The number of carbonyl (C=O) groups excluding carboxylic acids is 1. The molecule has 4 nitrogen and oxygen atoms in total. The number of nitrogens with one attached hydrogen (secondary N) is 1. The van der Waals surface area contributed by atoms with Crippen molar-refractivity contribution in [1.82, 2.24) is 10.3 Å². The van der Waals surface area contributed by atoms with Crippen LogP contribution in [0, 0.1) is 6.92 Å². The number of fused-ring (bicyclic) bond motifs is 1. The van der Waals surface area contributed by atoms with E-state index >= 15 is 0 Å². The van der Waals surface area contributed by atoms with Crippen LogP contribution < -0.4 is 11.1 Å². The SMILES string of the molecule is Cc1cscc1CNC(=O)c1cc(N)nc2ccccc12. The summed E-state index contributed by atoms with van der Waals surface area (Å²) in [5.74, 6) is 0.219. The molecule has 3 aromatic rings. The molecule has 0 saturated heterocycles. The average molecular weight is 297 g/mol. The molecule has 0 unspecified atom stereocenters. The summed E-state index contributed by atoms with van der Waals surface area (Å²) in [6.45, 7) is 2.56. The van der Waals surface area contributed by atoms with Crippen LogP contribution >= 0.6 is 11.3 Å². The Kier molecular flexibility index (Phi) is 3.58. The molecule has 0 radical (unpaired) electrons. The first kappa shape index (κ1) is 13.6. The Labute approximate surface area is 126 Å². The summed E-state index contributed by atoms with van der Waals surface area (Å²) in [6, 6.07) is 9.13. The van der Waals surface area contributed by atoms with Crippen LogP contribution in [0.15, 0.2) is 41.1 Å².